The first-order valence-corrected chi connectivity index (χ1v) is 5.89. The molecule has 0 aliphatic heterocycles. The lowest BCUT2D eigenvalue weighted by Crippen LogP contribution is -2.16. The topological polar surface area (TPSA) is 76.5 Å². The fraction of sp³-hybridized carbons (Fsp3) is 0.143. The molecule has 1 unspecified atom stereocenters. The summed E-state index contributed by atoms with van der Waals surface area (Å²) >= 11 is 0. The van der Waals surface area contributed by atoms with E-state index >= 15 is 0 Å². The number of nitrogens with two attached hydrogens (primary N) is 1. The lowest BCUT2D eigenvalue weighted by atomic mass is 10.2. The molecule has 0 bridgehead atoms. The van der Waals surface area contributed by atoms with Crippen LogP contribution in [0.4, 0.5) is 0 Å². The van der Waals surface area contributed by atoms with Gasteiger partial charge in [-0.1, -0.05) is 12.1 Å². The molecule has 96 valence electrons. The summed E-state index contributed by atoms with van der Waals surface area (Å²) in [6, 6.07) is 11.0. The van der Waals surface area contributed by atoms with Gasteiger partial charge in [-0.25, -0.2) is 0 Å². The summed E-state index contributed by atoms with van der Waals surface area (Å²) in [5.74, 6) is 0.394. The highest BCUT2D eigenvalue weighted by atomic mass is 14.9. The van der Waals surface area contributed by atoms with E-state index in [0.29, 0.717) is 18.1 Å². The number of hydrogen-bond donors (Lipinski definition) is 1. The van der Waals surface area contributed by atoms with Crippen LogP contribution in [-0.2, 0) is 0 Å². The molecular weight excluding hydrogens is 238 g/mol. The van der Waals surface area contributed by atoms with Crippen molar-refractivity contribution in [3.8, 4) is 0 Å². The van der Waals surface area contributed by atoms with E-state index in [9.17, 15) is 0 Å². The molecule has 0 saturated heterocycles. The Morgan fingerprint density at radius 2 is 1.89 bits per heavy atom. The van der Waals surface area contributed by atoms with E-state index in [2.05, 4.69) is 26.7 Å². The van der Waals surface area contributed by atoms with Crippen molar-refractivity contribution < 1.29 is 0 Å². The van der Waals surface area contributed by atoms with Gasteiger partial charge in [0, 0.05) is 12.4 Å². The summed E-state index contributed by atoms with van der Waals surface area (Å²) in [4.78, 5) is 16.7. The van der Waals surface area contributed by atoms with Crippen LogP contribution >= 0.6 is 0 Å². The van der Waals surface area contributed by atoms with Crippen molar-refractivity contribution in [1.29, 1.82) is 0 Å². The number of nitrogens with zero attached hydrogens (tertiary/aromatic N) is 4. The highest BCUT2D eigenvalue weighted by Gasteiger charge is 2.09. The van der Waals surface area contributed by atoms with Gasteiger partial charge in [0.05, 0.1) is 12.2 Å². The largest absolute Gasteiger partial charge is 0.382 e. The molecular formula is C14H15N5. The Balaban J connectivity index is 2.10. The van der Waals surface area contributed by atoms with Crippen molar-refractivity contribution in [1.82, 2.24) is 9.97 Å². The zero-order chi connectivity index (χ0) is 13.5. The minimum atomic E-state index is -0.191. The molecule has 2 rings (SSSR count). The average molecular weight is 253 g/mol. The number of amidine groups is 1. The zero-order valence-electron chi connectivity index (χ0n) is 10.5. The highest BCUT2D eigenvalue weighted by Crippen LogP contribution is 2.14. The van der Waals surface area contributed by atoms with Gasteiger partial charge in [0.1, 0.15) is 17.6 Å². The molecule has 5 heteroatoms. The van der Waals surface area contributed by atoms with Crippen molar-refractivity contribution >= 4 is 12.6 Å². The number of rotatable bonds is 5. The lowest BCUT2D eigenvalue weighted by Gasteiger charge is -2.08. The molecule has 0 saturated carbocycles. The third kappa shape index (κ3) is 3.45. The van der Waals surface area contributed by atoms with E-state index < -0.39 is 0 Å². The third-order valence-electron chi connectivity index (χ3n) is 2.61. The fourth-order valence-electron chi connectivity index (χ4n) is 1.60. The Hall–Kier alpha value is -2.56. The number of aliphatic imine (C=N–C) groups is 2. The van der Waals surface area contributed by atoms with Gasteiger partial charge in [-0.3, -0.25) is 20.0 Å². The molecule has 2 N–H and O–H groups in total. The van der Waals surface area contributed by atoms with Gasteiger partial charge >= 0.3 is 0 Å². The molecule has 2 aromatic rings. The SMILES string of the molecule is C=NC(CN=C(N)c1ccccn1)c1ccccn1. The molecule has 0 fully saturated rings. The molecule has 1 atom stereocenters. The van der Waals surface area contributed by atoms with E-state index in [1.54, 1.807) is 12.4 Å². The summed E-state index contributed by atoms with van der Waals surface area (Å²) in [7, 11) is 0. The number of aromatic nitrogens is 2. The van der Waals surface area contributed by atoms with Crippen molar-refractivity contribution in [2.45, 2.75) is 6.04 Å². The van der Waals surface area contributed by atoms with Crippen LogP contribution in [-0.4, -0.2) is 29.1 Å². The van der Waals surface area contributed by atoms with Crippen LogP contribution in [0.5, 0.6) is 0 Å². The standard InChI is InChI=1S/C14H15N5/c1-16-13(11-6-2-4-8-17-11)10-19-14(15)12-7-3-5-9-18-12/h2-9,13H,1,10H2,(H2,15,19). The Kier molecular flexibility index (Phi) is 4.34. The number of pyridine rings is 2. The van der Waals surface area contributed by atoms with E-state index in [0.717, 1.165) is 5.69 Å². The first-order valence-electron chi connectivity index (χ1n) is 5.89. The van der Waals surface area contributed by atoms with E-state index in [4.69, 9.17) is 5.73 Å². The summed E-state index contributed by atoms with van der Waals surface area (Å²) in [5.41, 5.74) is 7.37. The summed E-state index contributed by atoms with van der Waals surface area (Å²) in [6.07, 6.45) is 3.40. The summed E-state index contributed by atoms with van der Waals surface area (Å²) < 4.78 is 0. The Morgan fingerprint density at radius 1 is 1.16 bits per heavy atom. The van der Waals surface area contributed by atoms with Gasteiger partial charge in [0.2, 0.25) is 0 Å². The van der Waals surface area contributed by atoms with Gasteiger partial charge in [-0.05, 0) is 31.0 Å². The predicted molar refractivity (Wildman–Crippen MR) is 76.4 cm³/mol. The molecule has 2 aromatic heterocycles. The van der Waals surface area contributed by atoms with Gasteiger partial charge in [-0.15, -0.1) is 0 Å². The van der Waals surface area contributed by atoms with Crippen molar-refractivity contribution in [3.05, 3.63) is 60.2 Å². The first kappa shape index (κ1) is 12.9. The van der Waals surface area contributed by atoms with E-state index in [1.165, 1.54) is 0 Å². The summed E-state index contributed by atoms with van der Waals surface area (Å²) in [6.45, 7) is 3.98. The van der Waals surface area contributed by atoms with Crippen LogP contribution in [0.2, 0.25) is 0 Å². The maximum atomic E-state index is 5.88. The number of hydrogen-bond acceptors (Lipinski definition) is 4. The smallest absolute Gasteiger partial charge is 0.144 e. The van der Waals surface area contributed by atoms with Crippen LogP contribution in [0.3, 0.4) is 0 Å². The maximum Gasteiger partial charge on any atom is 0.144 e. The molecule has 0 spiro atoms. The third-order valence-corrected chi connectivity index (χ3v) is 2.61. The Morgan fingerprint density at radius 3 is 2.47 bits per heavy atom. The van der Waals surface area contributed by atoms with Crippen LogP contribution in [0.1, 0.15) is 17.4 Å². The second-order valence-corrected chi connectivity index (χ2v) is 3.89. The van der Waals surface area contributed by atoms with Crippen LogP contribution in [0.25, 0.3) is 0 Å². The van der Waals surface area contributed by atoms with Crippen LogP contribution in [0.15, 0.2) is 58.8 Å². The Bertz CT molecular complexity index is 551. The Labute approximate surface area is 112 Å². The zero-order valence-corrected chi connectivity index (χ0v) is 10.5. The fourth-order valence-corrected chi connectivity index (χ4v) is 1.60. The molecule has 0 amide bonds. The first-order chi connectivity index (χ1) is 9.31. The molecule has 0 aromatic carbocycles. The molecule has 0 aliphatic carbocycles. The maximum absolute atomic E-state index is 5.88. The average Bonchev–Trinajstić information content (AvgIpc) is 2.49. The lowest BCUT2D eigenvalue weighted by molar-refractivity contribution is 0.719. The van der Waals surface area contributed by atoms with Gasteiger partial charge in [0.25, 0.3) is 0 Å². The molecule has 2 heterocycles. The van der Waals surface area contributed by atoms with Crippen molar-refractivity contribution in [2.24, 2.45) is 15.7 Å². The van der Waals surface area contributed by atoms with Crippen LogP contribution < -0.4 is 5.73 Å². The predicted octanol–water partition coefficient (Wildman–Crippen LogP) is 1.62. The minimum Gasteiger partial charge on any atom is -0.382 e. The normalized spacial score (nSPS) is 12.9. The molecule has 5 nitrogen and oxygen atoms in total. The second kappa shape index (κ2) is 6.39. The van der Waals surface area contributed by atoms with Crippen molar-refractivity contribution in [2.75, 3.05) is 6.54 Å². The van der Waals surface area contributed by atoms with Gasteiger partial charge < -0.3 is 5.73 Å². The minimum absolute atomic E-state index is 0.191. The second-order valence-electron chi connectivity index (χ2n) is 3.89. The van der Waals surface area contributed by atoms with E-state index in [-0.39, 0.29) is 6.04 Å². The van der Waals surface area contributed by atoms with Crippen LogP contribution in [0, 0.1) is 0 Å². The van der Waals surface area contributed by atoms with E-state index in [1.807, 2.05) is 36.4 Å². The quantitative estimate of drug-likeness (QED) is 0.649. The molecule has 0 aliphatic rings. The highest BCUT2D eigenvalue weighted by molar-refractivity contribution is 5.95. The summed E-state index contributed by atoms with van der Waals surface area (Å²) in [5, 5.41) is 0. The molecule has 19 heavy (non-hydrogen) atoms. The van der Waals surface area contributed by atoms with Crippen molar-refractivity contribution in [3.63, 3.8) is 0 Å². The molecule has 0 radical (unpaired) electrons. The van der Waals surface area contributed by atoms with Gasteiger partial charge in [0.15, 0.2) is 0 Å². The van der Waals surface area contributed by atoms with Gasteiger partial charge in [-0.2, -0.15) is 0 Å². The monoisotopic (exact) mass is 253 g/mol.